The first-order valence-corrected chi connectivity index (χ1v) is 10.7. The average Bonchev–Trinajstić information content (AvgIpc) is 3.05. The number of anilines is 2. The van der Waals surface area contributed by atoms with Crippen LogP contribution < -0.4 is 9.80 Å². The van der Waals surface area contributed by atoms with E-state index in [-0.39, 0.29) is 0 Å². The highest BCUT2D eigenvalue weighted by Crippen LogP contribution is 2.31. The third-order valence-corrected chi connectivity index (χ3v) is 6.49. The van der Waals surface area contributed by atoms with Gasteiger partial charge in [0, 0.05) is 38.6 Å². The van der Waals surface area contributed by atoms with Crippen LogP contribution in [0, 0.1) is 0 Å². The smallest absolute Gasteiger partial charge is 0.186 e. The molecule has 130 valence electrons. The van der Waals surface area contributed by atoms with Crippen molar-refractivity contribution >= 4 is 42.3 Å². The number of benzene rings is 1. The van der Waals surface area contributed by atoms with E-state index >= 15 is 0 Å². The normalized spacial score (nSPS) is 15.7. The summed E-state index contributed by atoms with van der Waals surface area (Å²) in [6.45, 7) is 3.52. The number of fused-ring (bicyclic) bond motifs is 1. The molecule has 8 heteroatoms. The minimum absolute atomic E-state index is 0.343. The van der Waals surface area contributed by atoms with Crippen LogP contribution in [0.2, 0.25) is 0 Å². The van der Waals surface area contributed by atoms with Crippen LogP contribution in [0.4, 0.5) is 10.9 Å². The van der Waals surface area contributed by atoms with Crippen LogP contribution in [0.15, 0.2) is 47.5 Å². The summed E-state index contributed by atoms with van der Waals surface area (Å²) in [5, 5.41) is 0.946. The number of nitrogens with zero attached hydrogens (tertiary/aromatic N) is 4. The van der Waals surface area contributed by atoms with E-state index in [1.165, 1.54) is 6.26 Å². The van der Waals surface area contributed by atoms with Crippen LogP contribution in [0.25, 0.3) is 10.2 Å². The summed E-state index contributed by atoms with van der Waals surface area (Å²) < 4.78 is 24.3. The molecule has 0 saturated carbocycles. The Bertz CT molecular complexity index is 994. The summed E-state index contributed by atoms with van der Waals surface area (Å²) in [5.74, 6) is 1.00. The van der Waals surface area contributed by atoms with Gasteiger partial charge in [-0.1, -0.05) is 17.4 Å². The average molecular weight is 374 g/mol. The van der Waals surface area contributed by atoms with Gasteiger partial charge in [0.1, 0.15) is 5.82 Å². The van der Waals surface area contributed by atoms with Crippen molar-refractivity contribution < 1.29 is 8.42 Å². The van der Waals surface area contributed by atoms with Gasteiger partial charge in [-0.15, -0.1) is 0 Å². The molecule has 0 unspecified atom stereocenters. The molecule has 1 aromatic carbocycles. The molecule has 3 aromatic rings. The second-order valence-corrected chi connectivity index (χ2v) is 9.09. The second kappa shape index (κ2) is 6.27. The molecular weight excluding hydrogens is 356 g/mol. The Balaban J connectivity index is 1.53. The third kappa shape index (κ3) is 3.32. The molecule has 3 heterocycles. The maximum atomic E-state index is 11.7. The lowest BCUT2D eigenvalue weighted by molar-refractivity contribution is 0.602. The maximum Gasteiger partial charge on any atom is 0.186 e. The second-order valence-electron chi connectivity index (χ2n) is 6.06. The minimum atomic E-state index is -3.20. The number of aromatic nitrogens is 2. The van der Waals surface area contributed by atoms with Crippen LogP contribution in [0.3, 0.4) is 0 Å². The first-order chi connectivity index (χ1) is 12.0. The fourth-order valence-electron chi connectivity index (χ4n) is 2.93. The van der Waals surface area contributed by atoms with Gasteiger partial charge in [-0.3, -0.25) is 0 Å². The van der Waals surface area contributed by atoms with E-state index in [1.807, 2.05) is 24.4 Å². The minimum Gasteiger partial charge on any atom is -0.353 e. The highest BCUT2D eigenvalue weighted by molar-refractivity contribution is 7.90. The molecule has 1 aliphatic rings. The molecule has 0 N–H and O–H groups in total. The Hall–Kier alpha value is -2.19. The Kier molecular flexibility index (Phi) is 4.09. The van der Waals surface area contributed by atoms with Gasteiger partial charge in [-0.2, -0.15) is 0 Å². The highest BCUT2D eigenvalue weighted by Gasteiger charge is 2.21. The summed E-state index contributed by atoms with van der Waals surface area (Å²) in [5.41, 5.74) is 0.847. The maximum absolute atomic E-state index is 11.7. The molecule has 0 aliphatic carbocycles. The van der Waals surface area contributed by atoms with Gasteiger partial charge >= 0.3 is 0 Å². The lowest BCUT2D eigenvalue weighted by atomic mass is 10.3. The quantitative estimate of drug-likeness (QED) is 0.701. The Labute approximate surface area is 150 Å². The predicted molar refractivity (Wildman–Crippen MR) is 101 cm³/mol. The molecular formula is C17H18N4O2S2. The molecule has 0 spiro atoms. The van der Waals surface area contributed by atoms with Crippen molar-refractivity contribution in [3.8, 4) is 0 Å². The van der Waals surface area contributed by atoms with Crippen molar-refractivity contribution in [2.45, 2.75) is 4.90 Å². The first kappa shape index (κ1) is 16.3. The molecule has 2 aromatic heterocycles. The van der Waals surface area contributed by atoms with Gasteiger partial charge in [0.15, 0.2) is 15.0 Å². The summed E-state index contributed by atoms with van der Waals surface area (Å²) in [4.78, 5) is 13.9. The molecule has 6 nitrogen and oxygen atoms in total. The van der Waals surface area contributed by atoms with Crippen molar-refractivity contribution in [2.75, 3.05) is 42.2 Å². The van der Waals surface area contributed by atoms with E-state index in [0.29, 0.717) is 4.90 Å². The molecule has 0 bridgehead atoms. The largest absolute Gasteiger partial charge is 0.353 e. The van der Waals surface area contributed by atoms with Crippen LogP contribution in [0.1, 0.15) is 0 Å². The number of pyridine rings is 1. The van der Waals surface area contributed by atoms with E-state index in [9.17, 15) is 8.42 Å². The van der Waals surface area contributed by atoms with Crippen LogP contribution >= 0.6 is 11.3 Å². The van der Waals surface area contributed by atoms with Crippen molar-refractivity contribution in [1.82, 2.24) is 9.97 Å². The molecule has 4 rings (SSSR count). The molecule has 0 radical (unpaired) electrons. The number of sulfone groups is 1. The number of thiazole rings is 1. The Morgan fingerprint density at radius 3 is 2.48 bits per heavy atom. The number of piperazine rings is 1. The lowest BCUT2D eigenvalue weighted by Gasteiger charge is -2.35. The first-order valence-electron chi connectivity index (χ1n) is 8.02. The third-order valence-electron chi connectivity index (χ3n) is 4.30. The molecule has 0 amide bonds. The Morgan fingerprint density at radius 1 is 1.04 bits per heavy atom. The number of hydrogen-bond donors (Lipinski definition) is 0. The van der Waals surface area contributed by atoms with Gasteiger partial charge < -0.3 is 9.80 Å². The van der Waals surface area contributed by atoms with Crippen molar-refractivity contribution in [3.63, 3.8) is 0 Å². The summed E-state index contributed by atoms with van der Waals surface area (Å²) >= 11 is 1.55. The van der Waals surface area contributed by atoms with E-state index in [1.54, 1.807) is 29.5 Å². The van der Waals surface area contributed by atoms with E-state index in [2.05, 4.69) is 19.8 Å². The van der Waals surface area contributed by atoms with Crippen molar-refractivity contribution in [1.29, 1.82) is 0 Å². The van der Waals surface area contributed by atoms with Crippen molar-refractivity contribution in [3.05, 3.63) is 42.6 Å². The van der Waals surface area contributed by atoms with Gasteiger partial charge in [0.05, 0.1) is 15.1 Å². The van der Waals surface area contributed by atoms with Crippen molar-refractivity contribution in [2.24, 2.45) is 0 Å². The Morgan fingerprint density at radius 2 is 1.80 bits per heavy atom. The fourth-order valence-corrected chi connectivity index (χ4v) is 4.70. The molecule has 1 fully saturated rings. The standard InChI is InChI=1S/C17H18N4O2S2/c1-25(22,23)13-5-6-14-15(12-13)24-17(19-14)21-10-8-20(9-11-21)16-4-2-3-7-18-16/h2-7,12H,8-11H2,1H3. The monoisotopic (exact) mass is 374 g/mol. The zero-order chi connectivity index (χ0) is 17.4. The van der Waals surface area contributed by atoms with Gasteiger partial charge in [0.2, 0.25) is 0 Å². The summed E-state index contributed by atoms with van der Waals surface area (Å²) in [7, 11) is -3.20. The SMILES string of the molecule is CS(=O)(=O)c1ccc2nc(N3CCN(c4ccccn4)CC3)sc2c1. The molecule has 1 saturated heterocycles. The topological polar surface area (TPSA) is 66.4 Å². The highest BCUT2D eigenvalue weighted by atomic mass is 32.2. The van der Waals surface area contributed by atoms with Gasteiger partial charge in [-0.05, 0) is 30.3 Å². The molecule has 0 atom stereocenters. The van der Waals surface area contributed by atoms with Crippen LogP contribution in [-0.4, -0.2) is 50.8 Å². The van der Waals surface area contributed by atoms with Gasteiger partial charge in [0.25, 0.3) is 0 Å². The van der Waals surface area contributed by atoms with E-state index in [4.69, 9.17) is 0 Å². The summed E-state index contributed by atoms with van der Waals surface area (Å²) in [6, 6.07) is 11.1. The zero-order valence-corrected chi connectivity index (χ0v) is 15.4. The zero-order valence-electron chi connectivity index (χ0n) is 13.8. The lowest BCUT2D eigenvalue weighted by Crippen LogP contribution is -2.46. The number of hydrogen-bond acceptors (Lipinski definition) is 7. The van der Waals surface area contributed by atoms with Crippen LogP contribution in [0.5, 0.6) is 0 Å². The van der Waals surface area contributed by atoms with E-state index < -0.39 is 9.84 Å². The van der Waals surface area contributed by atoms with Crippen LogP contribution in [-0.2, 0) is 9.84 Å². The fraction of sp³-hybridized carbons (Fsp3) is 0.294. The number of rotatable bonds is 3. The molecule has 25 heavy (non-hydrogen) atoms. The predicted octanol–water partition coefficient (Wildman–Crippen LogP) is 2.42. The van der Waals surface area contributed by atoms with E-state index in [0.717, 1.165) is 47.3 Å². The molecule has 1 aliphatic heterocycles. The van der Waals surface area contributed by atoms with Gasteiger partial charge in [-0.25, -0.2) is 18.4 Å². The summed E-state index contributed by atoms with van der Waals surface area (Å²) in [6.07, 6.45) is 3.04.